The maximum Gasteiger partial charge on any atom is 0.243 e. The third-order valence-corrected chi connectivity index (χ3v) is 4.96. The molecule has 0 aliphatic carbocycles. The zero-order valence-electron chi connectivity index (χ0n) is 11.0. The summed E-state index contributed by atoms with van der Waals surface area (Å²) in [6.45, 7) is 5.34. The summed E-state index contributed by atoms with van der Waals surface area (Å²) in [7, 11) is -3.75. The topological polar surface area (TPSA) is 49.4 Å². The Labute approximate surface area is 113 Å². The van der Waals surface area contributed by atoms with Crippen molar-refractivity contribution < 1.29 is 12.8 Å². The first-order chi connectivity index (χ1) is 9.03. The number of nitrogens with one attached hydrogen (secondary N) is 1. The van der Waals surface area contributed by atoms with Crippen molar-refractivity contribution in [2.45, 2.75) is 18.2 Å². The van der Waals surface area contributed by atoms with Gasteiger partial charge in [0, 0.05) is 13.1 Å². The average molecular weight is 286 g/mol. The van der Waals surface area contributed by atoms with Crippen LogP contribution in [0.25, 0.3) is 0 Å². The van der Waals surface area contributed by atoms with Gasteiger partial charge in [-0.2, -0.15) is 0 Å². The van der Waals surface area contributed by atoms with E-state index in [2.05, 4.69) is 16.5 Å². The summed E-state index contributed by atoms with van der Waals surface area (Å²) in [6.07, 6.45) is 0.980. The lowest BCUT2D eigenvalue weighted by atomic mass is 10.1. The molecule has 1 atom stereocenters. The van der Waals surface area contributed by atoms with Crippen LogP contribution in [0.4, 0.5) is 4.39 Å². The smallest absolute Gasteiger partial charge is 0.243 e. The molecular formula is C13H19FN2O2S. The summed E-state index contributed by atoms with van der Waals surface area (Å²) in [5, 5.41) is 0. The highest BCUT2D eigenvalue weighted by Crippen LogP contribution is 2.17. The second-order valence-corrected chi connectivity index (χ2v) is 6.57. The third kappa shape index (κ3) is 3.52. The zero-order valence-corrected chi connectivity index (χ0v) is 11.8. The lowest BCUT2D eigenvalue weighted by molar-refractivity contribution is 0.342. The molecule has 1 aliphatic heterocycles. The molecule has 2 rings (SSSR count). The first kappa shape index (κ1) is 14.4. The van der Waals surface area contributed by atoms with E-state index in [4.69, 9.17) is 0 Å². The molecule has 0 radical (unpaired) electrons. The van der Waals surface area contributed by atoms with Gasteiger partial charge in [0.25, 0.3) is 0 Å². The number of halogens is 1. The largest absolute Gasteiger partial charge is 0.303 e. The van der Waals surface area contributed by atoms with Crippen LogP contribution in [-0.4, -0.2) is 39.5 Å². The second-order valence-electron chi connectivity index (χ2n) is 4.83. The molecule has 1 N–H and O–H groups in total. The predicted octanol–water partition coefficient (Wildman–Crippen LogP) is 1.45. The van der Waals surface area contributed by atoms with Crippen molar-refractivity contribution in [1.82, 2.24) is 9.62 Å². The molecule has 1 aromatic carbocycles. The average Bonchev–Trinajstić information content (AvgIpc) is 2.85. The van der Waals surface area contributed by atoms with E-state index in [1.165, 1.54) is 18.2 Å². The van der Waals surface area contributed by atoms with Gasteiger partial charge in [-0.25, -0.2) is 17.5 Å². The molecule has 0 bridgehead atoms. The van der Waals surface area contributed by atoms with Gasteiger partial charge in [0.2, 0.25) is 10.0 Å². The summed E-state index contributed by atoms with van der Waals surface area (Å²) in [5.41, 5.74) is 0. The van der Waals surface area contributed by atoms with Gasteiger partial charge in [-0.1, -0.05) is 19.1 Å². The molecule has 0 spiro atoms. The molecule has 106 valence electrons. The number of hydrogen-bond donors (Lipinski definition) is 1. The van der Waals surface area contributed by atoms with Gasteiger partial charge in [-0.3, -0.25) is 0 Å². The van der Waals surface area contributed by atoms with E-state index in [1.807, 2.05) is 0 Å². The van der Waals surface area contributed by atoms with E-state index in [-0.39, 0.29) is 4.90 Å². The minimum absolute atomic E-state index is 0.277. The summed E-state index contributed by atoms with van der Waals surface area (Å²) >= 11 is 0. The molecule has 0 amide bonds. The summed E-state index contributed by atoms with van der Waals surface area (Å²) in [5.74, 6) is -0.405. The molecular weight excluding hydrogens is 267 g/mol. The van der Waals surface area contributed by atoms with Crippen LogP contribution in [0, 0.1) is 11.7 Å². The lowest BCUT2D eigenvalue weighted by Gasteiger charge is -2.14. The number of sulfonamides is 1. The first-order valence-electron chi connectivity index (χ1n) is 6.49. The Hall–Kier alpha value is -0.980. The standard InChI is InChI=1S/C13H19FN2O2S/c1-2-16-8-7-11(10-16)9-15-19(17,18)13-6-4-3-5-12(13)14/h3-6,11,15H,2,7-10H2,1H3. The number of hydrogen-bond acceptors (Lipinski definition) is 3. The SMILES string of the molecule is CCN1CCC(CNS(=O)(=O)c2ccccc2F)C1. The summed E-state index contributed by atoms with van der Waals surface area (Å²) in [6, 6.07) is 5.43. The fourth-order valence-corrected chi connectivity index (χ4v) is 3.53. The quantitative estimate of drug-likeness (QED) is 0.891. The van der Waals surface area contributed by atoms with Crippen molar-refractivity contribution in [1.29, 1.82) is 0 Å². The lowest BCUT2D eigenvalue weighted by Crippen LogP contribution is -2.31. The molecule has 1 unspecified atom stereocenters. The predicted molar refractivity (Wildman–Crippen MR) is 71.8 cm³/mol. The molecule has 1 heterocycles. The van der Waals surface area contributed by atoms with Crippen molar-refractivity contribution in [2.24, 2.45) is 5.92 Å². The Balaban J connectivity index is 1.97. The summed E-state index contributed by atoms with van der Waals surface area (Å²) in [4.78, 5) is 2.00. The van der Waals surface area contributed by atoms with Crippen molar-refractivity contribution in [3.8, 4) is 0 Å². The van der Waals surface area contributed by atoms with Crippen LogP contribution >= 0.6 is 0 Å². The molecule has 1 aliphatic rings. The van der Waals surface area contributed by atoms with E-state index in [0.29, 0.717) is 12.5 Å². The fraction of sp³-hybridized carbons (Fsp3) is 0.538. The van der Waals surface area contributed by atoms with Crippen LogP contribution in [0.2, 0.25) is 0 Å². The van der Waals surface area contributed by atoms with E-state index < -0.39 is 15.8 Å². The van der Waals surface area contributed by atoms with Gasteiger partial charge in [-0.05, 0) is 37.6 Å². The zero-order chi connectivity index (χ0) is 13.9. The van der Waals surface area contributed by atoms with E-state index >= 15 is 0 Å². The highest BCUT2D eigenvalue weighted by Gasteiger charge is 2.24. The van der Waals surface area contributed by atoms with Crippen LogP contribution in [0.15, 0.2) is 29.2 Å². The first-order valence-corrected chi connectivity index (χ1v) is 7.98. The maximum atomic E-state index is 13.5. The van der Waals surface area contributed by atoms with Crippen LogP contribution in [0.1, 0.15) is 13.3 Å². The van der Waals surface area contributed by atoms with Gasteiger partial charge in [-0.15, -0.1) is 0 Å². The minimum Gasteiger partial charge on any atom is -0.303 e. The van der Waals surface area contributed by atoms with Crippen molar-refractivity contribution in [3.63, 3.8) is 0 Å². The van der Waals surface area contributed by atoms with Gasteiger partial charge < -0.3 is 4.90 Å². The van der Waals surface area contributed by atoms with Crippen LogP contribution in [0.3, 0.4) is 0 Å². The van der Waals surface area contributed by atoms with E-state index in [1.54, 1.807) is 0 Å². The Morgan fingerprint density at radius 2 is 2.16 bits per heavy atom. The van der Waals surface area contributed by atoms with Gasteiger partial charge in [0.15, 0.2) is 0 Å². The number of benzene rings is 1. The normalized spacial score (nSPS) is 20.8. The molecule has 0 saturated carbocycles. The molecule has 0 aromatic heterocycles. The monoisotopic (exact) mass is 286 g/mol. The van der Waals surface area contributed by atoms with Crippen LogP contribution in [-0.2, 0) is 10.0 Å². The van der Waals surface area contributed by atoms with Gasteiger partial charge >= 0.3 is 0 Å². The third-order valence-electron chi connectivity index (χ3n) is 3.51. The maximum absolute atomic E-state index is 13.5. The van der Waals surface area contributed by atoms with Crippen molar-refractivity contribution in [2.75, 3.05) is 26.2 Å². The van der Waals surface area contributed by atoms with Crippen molar-refractivity contribution in [3.05, 3.63) is 30.1 Å². The van der Waals surface area contributed by atoms with Crippen molar-refractivity contribution >= 4 is 10.0 Å². The highest BCUT2D eigenvalue weighted by atomic mass is 32.2. The van der Waals surface area contributed by atoms with Crippen LogP contribution < -0.4 is 4.72 Å². The number of nitrogens with zero attached hydrogens (tertiary/aromatic N) is 1. The Morgan fingerprint density at radius 1 is 1.42 bits per heavy atom. The molecule has 1 saturated heterocycles. The highest BCUT2D eigenvalue weighted by molar-refractivity contribution is 7.89. The van der Waals surface area contributed by atoms with Gasteiger partial charge in [0.05, 0.1) is 0 Å². The van der Waals surface area contributed by atoms with Gasteiger partial charge in [0.1, 0.15) is 10.7 Å². The molecule has 1 aromatic rings. The number of rotatable bonds is 5. The van der Waals surface area contributed by atoms with E-state index in [9.17, 15) is 12.8 Å². The second kappa shape index (κ2) is 5.98. The summed E-state index contributed by atoms with van der Waals surface area (Å²) < 4.78 is 40.0. The molecule has 6 heteroatoms. The Bertz CT molecular complexity index is 533. The van der Waals surface area contributed by atoms with Crippen LogP contribution in [0.5, 0.6) is 0 Å². The Morgan fingerprint density at radius 3 is 2.79 bits per heavy atom. The molecule has 19 heavy (non-hydrogen) atoms. The molecule has 4 nitrogen and oxygen atoms in total. The van der Waals surface area contributed by atoms with E-state index in [0.717, 1.165) is 32.1 Å². The number of likely N-dealkylation sites (tertiary alicyclic amines) is 1. The fourth-order valence-electron chi connectivity index (χ4n) is 2.33. The Kier molecular flexibility index (Phi) is 4.54. The molecule has 1 fully saturated rings. The minimum atomic E-state index is -3.75.